The summed E-state index contributed by atoms with van der Waals surface area (Å²) >= 11 is 0. The molecule has 2 rings (SSSR count). The molecule has 1 aliphatic rings. The molecular weight excluding hydrogens is 382 g/mol. The fourth-order valence-corrected chi connectivity index (χ4v) is 4.57. The Bertz CT molecular complexity index is 815. The van der Waals surface area contributed by atoms with Crippen molar-refractivity contribution in [1.82, 2.24) is 9.62 Å². The summed E-state index contributed by atoms with van der Waals surface area (Å²) in [6, 6.07) is 4.74. The first kappa shape index (κ1) is 22.3. The molecule has 0 saturated carbocycles. The maximum Gasteiger partial charge on any atom is 0.246 e. The van der Waals surface area contributed by atoms with Crippen molar-refractivity contribution in [2.45, 2.75) is 57.5 Å². The number of aliphatic hydroxyl groups is 1. The smallest absolute Gasteiger partial charge is 0.246 e. The summed E-state index contributed by atoms with van der Waals surface area (Å²) < 4.78 is 26.8. The molecule has 2 amide bonds. The van der Waals surface area contributed by atoms with Gasteiger partial charge in [0.25, 0.3) is 0 Å². The van der Waals surface area contributed by atoms with Crippen LogP contribution in [0.5, 0.6) is 0 Å². The lowest BCUT2D eigenvalue weighted by molar-refractivity contribution is -0.131. The van der Waals surface area contributed by atoms with Crippen molar-refractivity contribution in [3.8, 4) is 0 Å². The third-order valence-corrected chi connectivity index (χ3v) is 6.65. The van der Waals surface area contributed by atoms with Crippen LogP contribution in [0.1, 0.15) is 40.5 Å². The van der Waals surface area contributed by atoms with E-state index in [-0.39, 0.29) is 17.4 Å². The number of carbonyl (C=O) groups excluding carboxylic acids is 2. The number of hydrogen-bond donors (Lipinski definition) is 3. The van der Waals surface area contributed by atoms with E-state index in [9.17, 15) is 23.1 Å². The highest BCUT2D eigenvalue weighted by atomic mass is 32.2. The Balaban J connectivity index is 2.04. The molecule has 0 unspecified atom stereocenters. The first-order valence-corrected chi connectivity index (χ1v) is 10.8. The van der Waals surface area contributed by atoms with Gasteiger partial charge in [-0.3, -0.25) is 9.59 Å². The number of nitrogens with zero attached hydrogens (tertiary/aromatic N) is 1. The molecule has 0 radical (unpaired) electrons. The Morgan fingerprint density at radius 2 is 1.86 bits per heavy atom. The van der Waals surface area contributed by atoms with Gasteiger partial charge < -0.3 is 15.7 Å². The zero-order valence-electron chi connectivity index (χ0n) is 16.7. The summed E-state index contributed by atoms with van der Waals surface area (Å²) in [5, 5.41) is 14.7. The predicted molar refractivity (Wildman–Crippen MR) is 106 cm³/mol. The molecule has 2 atom stereocenters. The fourth-order valence-electron chi connectivity index (χ4n) is 2.88. The number of carbonyl (C=O) groups is 2. The number of anilines is 1. The van der Waals surface area contributed by atoms with E-state index in [1.165, 1.54) is 28.6 Å². The summed E-state index contributed by atoms with van der Waals surface area (Å²) in [7, 11) is -3.69. The van der Waals surface area contributed by atoms with E-state index in [0.717, 1.165) is 6.42 Å². The van der Waals surface area contributed by atoms with Gasteiger partial charge in [-0.1, -0.05) is 20.8 Å². The van der Waals surface area contributed by atoms with Gasteiger partial charge in [-0.2, -0.15) is 4.31 Å². The van der Waals surface area contributed by atoms with Gasteiger partial charge in [0.2, 0.25) is 21.8 Å². The van der Waals surface area contributed by atoms with E-state index in [1.807, 2.05) is 0 Å². The van der Waals surface area contributed by atoms with E-state index < -0.39 is 33.4 Å². The van der Waals surface area contributed by atoms with Gasteiger partial charge >= 0.3 is 0 Å². The maximum atomic E-state index is 12.7. The van der Waals surface area contributed by atoms with Gasteiger partial charge in [-0.25, -0.2) is 8.42 Å². The molecule has 9 heteroatoms. The summed E-state index contributed by atoms with van der Waals surface area (Å²) in [5.41, 5.74) is -0.173. The lowest BCUT2D eigenvalue weighted by atomic mass is 9.95. The second kappa shape index (κ2) is 8.59. The zero-order valence-corrected chi connectivity index (χ0v) is 17.5. The van der Waals surface area contributed by atoms with Crippen LogP contribution >= 0.6 is 0 Å². The normalized spacial score (nSPS) is 19.2. The summed E-state index contributed by atoms with van der Waals surface area (Å²) in [5.74, 6) is -0.631. The van der Waals surface area contributed by atoms with E-state index in [2.05, 4.69) is 10.6 Å². The van der Waals surface area contributed by atoms with Crippen molar-refractivity contribution in [2.24, 2.45) is 5.41 Å². The van der Waals surface area contributed by atoms with Crippen molar-refractivity contribution in [1.29, 1.82) is 0 Å². The fraction of sp³-hybridized carbons (Fsp3) is 0.579. The molecule has 1 aromatic carbocycles. The third kappa shape index (κ3) is 5.09. The molecule has 0 aliphatic carbocycles. The molecule has 0 spiro atoms. The van der Waals surface area contributed by atoms with Gasteiger partial charge in [-0.15, -0.1) is 0 Å². The number of rotatable bonds is 6. The molecule has 1 fully saturated rings. The highest BCUT2D eigenvalue weighted by molar-refractivity contribution is 7.89. The molecule has 0 aromatic heterocycles. The number of nitrogens with one attached hydrogen (secondary N) is 2. The summed E-state index contributed by atoms with van der Waals surface area (Å²) in [6.45, 7) is 7.04. The van der Waals surface area contributed by atoms with Gasteiger partial charge in [0.1, 0.15) is 6.04 Å². The molecule has 1 aliphatic heterocycles. The van der Waals surface area contributed by atoms with E-state index in [4.69, 9.17) is 0 Å². The van der Waals surface area contributed by atoms with Crippen LogP contribution in [-0.2, 0) is 19.6 Å². The highest BCUT2D eigenvalue weighted by Gasteiger charge is 2.34. The Morgan fingerprint density at radius 1 is 1.25 bits per heavy atom. The number of aliphatic hydroxyl groups excluding tert-OH is 1. The lowest BCUT2D eigenvalue weighted by Gasteiger charge is -2.23. The van der Waals surface area contributed by atoms with Crippen LogP contribution in [0.3, 0.4) is 0 Å². The largest absolute Gasteiger partial charge is 0.395 e. The Labute approximate surface area is 166 Å². The molecule has 1 aromatic rings. The minimum atomic E-state index is -3.69. The average molecular weight is 412 g/mol. The number of hydrogen-bond acceptors (Lipinski definition) is 5. The number of benzene rings is 1. The lowest BCUT2D eigenvalue weighted by Crippen LogP contribution is -2.46. The molecule has 1 heterocycles. The maximum absolute atomic E-state index is 12.7. The third-order valence-electron chi connectivity index (χ3n) is 4.68. The van der Waals surface area contributed by atoms with Gasteiger partial charge in [0.15, 0.2) is 0 Å². The zero-order chi connectivity index (χ0) is 21.1. The van der Waals surface area contributed by atoms with Gasteiger partial charge in [0.05, 0.1) is 11.5 Å². The second-order valence-electron chi connectivity index (χ2n) is 8.05. The Morgan fingerprint density at radius 3 is 2.39 bits per heavy atom. The van der Waals surface area contributed by atoms with Crippen LogP contribution in [0.25, 0.3) is 0 Å². The number of sulfonamides is 1. The molecule has 3 N–H and O–H groups in total. The van der Waals surface area contributed by atoms with Crippen LogP contribution in [0.4, 0.5) is 5.69 Å². The van der Waals surface area contributed by atoms with Crippen LogP contribution in [0.15, 0.2) is 29.2 Å². The molecule has 28 heavy (non-hydrogen) atoms. The van der Waals surface area contributed by atoms with E-state index >= 15 is 0 Å². The average Bonchev–Trinajstić information content (AvgIpc) is 3.11. The molecular formula is C19H29N3O5S. The van der Waals surface area contributed by atoms with Crippen LogP contribution in [0, 0.1) is 5.41 Å². The Kier molecular flexibility index (Phi) is 6.84. The van der Waals surface area contributed by atoms with E-state index in [1.54, 1.807) is 27.7 Å². The van der Waals surface area contributed by atoms with E-state index in [0.29, 0.717) is 18.7 Å². The van der Waals surface area contributed by atoms with Crippen molar-refractivity contribution >= 4 is 27.5 Å². The second-order valence-corrected chi connectivity index (χ2v) is 9.94. The minimum absolute atomic E-state index is 0.111. The van der Waals surface area contributed by atoms with Crippen LogP contribution in [0.2, 0.25) is 0 Å². The quantitative estimate of drug-likeness (QED) is 0.653. The Hall–Kier alpha value is -1.97. The van der Waals surface area contributed by atoms with Gasteiger partial charge in [0, 0.05) is 23.7 Å². The van der Waals surface area contributed by atoms with Gasteiger partial charge in [-0.05, 0) is 44.0 Å². The number of amides is 2. The standard InChI is InChI=1S/C19H29N3O5S/c1-13(20-18(25)19(2,3)4)17(24)21-14-7-9-16(10-8-14)28(26,27)22-11-5-6-15(22)12-23/h7-10,13,15,23H,5-6,11-12H2,1-4H3,(H,20,25)(H,21,24)/t13-,15+/m1/s1. The summed E-state index contributed by atoms with van der Waals surface area (Å²) in [4.78, 5) is 24.4. The first-order chi connectivity index (χ1) is 13.0. The topological polar surface area (TPSA) is 116 Å². The minimum Gasteiger partial charge on any atom is -0.395 e. The van der Waals surface area contributed by atoms with Crippen LogP contribution < -0.4 is 10.6 Å². The molecule has 8 nitrogen and oxygen atoms in total. The molecule has 156 valence electrons. The molecule has 0 bridgehead atoms. The van der Waals surface area contributed by atoms with Crippen LogP contribution in [-0.4, -0.2) is 54.9 Å². The first-order valence-electron chi connectivity index (χ1n) is 9.31. The monoisotopic (exact) mass is 411 g/mol. The van der Waals surface area contributed by atoms with Crippen molar-refractivity contribution in [3.05, 3.63) is 24.3 Å². The highest BCUT2D eigenvalue weighted by Crippen LogP contribution is 2.26. The predicted octanol–water partition coefficient (Wildman–Crippen LogP) is 1.32. The molecule has 1 saturated heterocycles. The SMILES string of the molecule is C[C@@H](NC(=O)C(C)(C)C)C(=O)Nc1ccc(S(=O)(=O)N2CCC[C@H]2CO)cc1. The summed E-state index contributed by atoms with van der Waals surface area (Å²) in [6.07, 6.45) is 1.36. The van der Waals surface area contributed by atoms with Crippen molar-refractivity contribution < 1.29 is 23.1 Å². The van der Waals surface area contributed by atoms with Crippen molar-refractivity contribution in [3.63, 3.8) is 0 Å². The van der Waals surface area contributed by atoms with Crippen molar-refractivity contribution in [2.75, 3.05) is 18.5 Å².